The normalized spacial score (nSPS) is 15.8. The second-order valence-electron chi connectivity index (χ2n) is 5.64. The Labute approximate surface area is 144 Å². The molecule has 3 rings (SSSR count). The number of aromatic nitrogens is 1. The highest BCUT2D eigenvalue weighted by Crippen LogP contribution is 2.22. The predicted octanol–water partition coefficient (Wildman–Crippen LogP) is 2.47. The molecule has 0 aliphatic carbocycles. The van der Waals surface area contributed by atoms with Gasteiger partial charge in [-0.25, -0.2) is 12.8 Å². The monoisotopic (exact) mass is 370 g/mol. The number of halogens is 2. The molecule has 0 bridgehead atoms. The Morgan fingerprint density at radius 1 is 1.12 bits per heavy atom. The van der Waals surface area contributed by atoms with Crippen LogP contribution in [0.4, 0.5) is 4.39 Å². The third-order valence-electron chi connectivity index (χ3n) is 4.05. The number of nitrogens with zero attached hydrogens (tertiary/aromatic N) is 2. The van der Waals surface area contributed by atoms with Crippen molar-refractivity contribution in [2.24, 2.45) is 0 Å². The van der Waals surface area contributed by atoms with Gasteiger partial charge in [-0.2, -0.15) is 4.31 Å². The van der Waals surface area contributed by atoms with Crippen molar-refractivity contribution in [3.05, 3.63) is 63.3 Å². The lowest BCUT2D eigenvalue weighted by Gasteiger charge is -2.16. The Bertz CT molecular complexity index is 901. The van der Waals surface area contributed by atoms with E-state index in [-0.39, 0.29) is 22.0 Å². The van der Waals surface area contributed by atoms with Gasteiger partial charge in [-0.3, -0.25) is 4.79 Å². The fourth-order valence-corrected chi connectivity index (χ4v) is 4.48. The van der Waals surface area contributed by atoms with E-state index < -0.39 is 21.4 Å². The molecule has 1 aliphatic rings. The highest BCUT2D eigenvalue weighted by atomic mass is 35.5. The number of hydrogen-bond donors (Lipinski definition) is 0. The van der Waals surface area contributed by atoms with Crippen LogP contribution >= 0.6 is 11.6 Å². The van der Waals surface area contributed by atoms with E-state index in [1.807, 2.05) is 0 Å². The molecule has 1 aromatic carbocycles. The van der Waals surface area contributed by atoms with E-state index in [9.17, 15) is 17.6 Å². The molecule has 1 aromatic heterocycles. The highest BCUT2D eigenvalue weighted by molar-refractivity contribution is 7.89. The average Bonchev–Trinajstić information content (AvgIpc) is 3.07. The Morgan fingerprint density at radius 3 is 2.50 bits per heavy atom. The Balaban J connectivity index is 2.00. The Morgan fingerprint density at radius 2 is 1.83 bits per heavy atom. The molecule has 1 fully saturated rings. The molecule has 24 heavy (non-hydrogen) atoms. The Hall–Kier alpha value is -1.70. The van der Waals surface area contributed by atoms with Crippen molar-refractivity contribution < 1.29 is 12.8 Å². The van der Waals surface area contributed by atoms with Crippen LogP contribution < -0.4 is 5.56 Å². The lowest BCUT2D eigenvalue weighted by Crippen LogP contribution is -2.30. The third-order valence-corrected chi connectivity index (χ3v) is 6.29. The van der Waals surface area contributed by atoms with Crippen LogP contribution in [0.5, 0.6) is 0 Å². The molecule has 0 saturated carbocycles. The maximum atomic E-state index is 13.9. The smallest absolute Gasteiger partial charge is 0.250 e. The summed E-state index contributed by atoms with van der Waals surface area (Å²) < 4.78 is 41.7. The minimum absolute atomic E-state index is 0.0245. The molecule has 1 saturated heterocycles. The summed E-state index contributed by atoms with van der Waals surface area (Å²) in [7, 11) is -3.64. The lowest BCUT2D eigenvalue weighted by molar-refractivity contribution is 0.476. The molecule has 2 aromatic rings. The topological polar surface area (TPSA) is 59.4 Å². The van der Waals surface area contributed by atoms with Crippen LogP contribution in [-0.2, 0) is 16.6 Å². The first-order chi connectivity index (χ1) is 11.4. The molecule has 128 valence electrons. The first-order valence-corrected chi connectivity index (χ1v) is 9.35. The molecule has 0 unspecified atom stereocenters. The summed E-state index contributed by atoms with van der Waals surface area (Å²) in [5.74, 6) is -0.540. The maximum absolute atomic E-state index is 13.9. The zero-order chi connectivity index (χ0) is 17.3. The molecule has 0 spiro atoms. The van der Waals surface area contributed by atoms with Crippen molar-refractivity contribution in [3.8, 4) is 0 Å². The standard InChI is InChI=1S/C16H16ClFN2O3S/c17-14-4-3-5-15(18)13(14)11-19-10-12(6-7-16(19)21)24(22,23)20-8-1-2-9-20/h3-7,10H,1-2,8-9,11H2. The number of benzene rings is 1. The molecule has 0 radical (unpaired) electrons. The van der Waals surface area contributed by atoms with E-state index in [1.54, 1.807) is 0 Å². The number of pyridine rings is 1. The molecular weight excluding hydrogens is 355 g/mol. The molecule has 8 heteroatoms. The quantitative estimate of drug-likeness (QED) is 0.830. The predicted molar refractivity (Wildman–Crippen MR) is 89.2 cm³/mol. The van der Waals surface area contributed by atoms with Crippen molar-refractivity contribution in [3.63, 3.8) is 0 Å². The number of rotatable bonds is 4. The van der Waals surface area contributed by atoms with Crippen molar-refractivity contribution in [2.45, 2.75) is 24.3 Å². The van der Waals surface area contributed by atoms with E-state index >= 15 is 0 Å². The molecular formula is C16H16ClFN2O3S. The van der Waals surface area contributed by atoms with E-state index in [1.165, 1.54) is 40.8 Å². The third kappa shape index (κ3) is 3.24. The minimum Gasteiger partial charge on any atom is -0.310 e. The zero-order valence-corrected chi connectivity index (χ0v) is 14.4. The van der Waals surface area contributed by atoms with Crippen LogP contribution in [-0.4, -0.2) is 30.4 Å². The summed E-state index contributed by atoms with van der Waals surface area (Å²) in [6.45, 7) is 0.814. The van der Waals surface area contributed by atoms with Gasteiger partial charge in [-0.15, -0.1) is 0 Å². The van der Waals surface area contributed by atoms with Gasteiger partial charge in [0.25, 0.3) is 5.56 Å². The molecule has 0 N–H and O–H groups in total. The first kappa shape index (κ1) is 17.1. The van der Waals surface area contributed by atoms with Crippen molar-refractivity contribution in [1.29, 1.82) is 0 Å². The summed E-state index contributed by atoms with van der Waals surface area (Å²) in [4.78, 5) is 12.1. The highest BCUT2D eigenvalue weighted by Gasteiger charge is 2.27. The van der Waals surface area contributed by atoms with Crippen LogP contribution in [0.1, 0.15) is 18.4 Å². The summed E-state index contributed by atoms with van der Waals surface area (Å²) in [6, 6.07) is 6.71. The number of hydrogen-bond acceptors (Lipinski definition) is 3. The van der Waals surface area contributed by atoms with Crippen LogP contribution in [0.3, 0.4) is 0 Å². The van der Waals surface area contributed by atoms with Gasteiger partial charge in [-0.1, -0.05) is 17.7 Å². The minimum atomic E-state index is -3.64. The van der Waals surface area contributed by atoms with Gasteiger partial charge in [0.1, 0.15) is 5.82 Å². The van der Waals surface area contributed by atoms with Crippen LogP contribution in [0.15, 0.2) is 46.2 Å². The van der Waals surface area contributed by atoms with Crippen molar-refractivity contribution in [2.75, 3.05) is 13.1 Å². The summed E-state index contributed by atoms with van der Waals surface area (Å²) in [6.07, 6.45) is 2.90. The SMILES string of the molecule is O=c1ccc(S(=O)(=O)N2CCCC2)cn1Cc1c(F)cccc1Cl. The van der Waals surface area contributed by atoms with Crippen LogP contribution in [0.25, 0.3) is 0 Å². The zero-order valence-electron chi connectivity index (χ0n) is 12.8. The van der Waals surface area contributed by atoms with Gasteiger partial charge in [0, 0.05) is 35.9 Å². The average molecular weight is 371 g/mol. The second kappa shape index (κ2) is 6.66. The van der Waals surface area contributed by atoms with Gasteiger partial charge in [0.15, 0.2) is 0 Å². The molecule has 2 heterocycles. The van der Waals surface area contributed by atoms with Gasteiger partial charge >= 0.3 is 0 Å². The summed E-state index contributed by atoms with van der Waals surface area (Å²) in [5.41, 5.74) is -0.272. The van der Waals surface area contributed by atoms with Gasteiger partial charge in [-0.05, 0) is 31.0 Å². The van der Waals surface area contributed by atoms with Crippen molar-refractivity contribution in [1.82, 2.24) is 8.87 Å². The lowest BCUT2D eigenvalue weighted by atomic mass is 10.2. The Kier molecular flexibility index (Phi) is 4.76. The maximum Gasteiger partial charge on any atom is 0.250 e. The van der Waals surface area contributed by atoms with Crippen LogP contribution in [0, 0.1) is 5.82 Å². The van der Waals surface area contributed by atoms with Gasteiger partial charge in [0.05, 0.1) is 11.4 Å². The number of sulfonamides is 1. The van der Waals surface area contributed by atoms with Crippen LogP contribution in [0.2, 0.25) is 5.02 Å². The molecule has 1 aliphatic heterocycles. The van der Waals surface area contributed by atoms with E-state index in [4.69, 9.17) is 11.6 Å². The molecule has 0 atom stereocenters. The van der Waals surface area contributed by atoms with Crippen molar-refractivity contribution >= 4 is 21.6 Å². The van der Waals surface area contributed by atoms with E-state index in [2.05, 4.69) is 0 Å². The molecule has 0 amide bonds. The van der Waals surface area contributed by atoms with E-state index in [0.29, 0.717) is 13.1 Å². The largest absolute Gasteiger partial charge is 0.310 e. The first-order valence-electron chi connectivity index (χ1n) is 7.53. The second-order valence-corrected chi connectivity index (χ2v) is 7.99. The van der Waals surface area contributed by atoms with E-state index in [0.717, 1.165) is 17.4 Å². The fraction of sp³-hybridized carbons (Fsp3) is 0.312. The molecule has 5 nitrogen and oxygen atoms in total. The summed E-state index contributed by atoms with van der Waals surface area (Å²) >= 11 is 5.98. The summed E-state index contributed by atoms with van der Waals surface area (Å²) in [5, 5.41) is 0.190. The van der Waals surface area contributed by atoms with Gasteiger partial charge in [0.2, 0.25) is 10.0 Å². The fourth-order valence-electron chi connectivity index (χ4n) is 2.72. The van der Waals surface area contributed by atoms with Gasteiger partial charge < -0.3 is 4.57 Å².